The number of carboxylic acids is 1. The van der Waals surface area contributed by atoms with Crippen molar-refractivity contribution in [1.29, 1.82) is 0 Å². The van der Waals surface area contributed by atoms with E-state index in [0.29, 0.717) is 12.1 Å². The number of hydrogen-bond donors (Lipinski definition) is 2. The normalized spacial score (nSPS) is 11.6. The van der Waals surface area contributed by atoms with Crippen LogP contribution in [0.4, 0.5) is 0 Å². The van der Waals surface area contributed by atoms with Crippen LogP contribution in [0, 0.1) is 5.41 Å². The Morgan fingerprint density at radius 2 is 2.15 bits per heavy atom. The monoisotopic (exact) mass is 279 g/mol. The molecular weight excluding hydrogens is 254 g/mol. The molecule has 0 aliphatic heterocycles. The van der Waals surface area contributed by atoms with Gasteiger partial charge in [0.05, 0.1) is 12.2 Å². The first-order chi connectivity index (χ1) is 9.44. The van der Waals surface area contributed by atoms with Crippen molar-refractivity contribution in [2.75, 3.05) is 20.3 Å². The van der Waals surface area contributed by atoms with Gasteiger partial charge >= 0.3 is 5.97 Å². The zero-order chi connectivity index (χ0) is 15.0. The van der Waals surface area contributed by atoms with Crippen LogP contribution in [0.5, 0.6) is 0 Å². The Morgan fingerprint density at radius 1 is 1.40 bits per heavy atom. The molecule has 1 aromatic carbocycles. The summed E-state index contributed by atoms with van der Waals surface area (Å²) in [5, 5.41) is 12.3. The van der Waals surface area contributed by atoms with E-state index in [1.807, 2.05) is 6.07 Å². The van der Waals surface area contributed by atoms with Gasteiger partial charge in [-0.2, -0.15) is 0 Å². The number of rotatable bonds is 9. The molecule has 0 fully saturated rings. The minimum absolute atomic E-state index is 0.208. The second-order valence-electron chi connectivity index (χ2n) is 5.88. The van der Waals surface area contributed by atoms with Crippen molar-refractivity contribution >= 4 is 5.97 Å². The molecule has 0 radical (unpaired) electrons. The summed E-state index contributed by atoms with van der Waals surface area (Å²) in [7, 11) is 1.73. The second-order valence-corrected chi connectivity index (χ2v) is 5.88. The molecule has 0 heterocycles. The van der Waals surface area contributed by atoms with Gasteiger partial charge in [-0.05, 0) is 42.5 Å². The molecule has 0 saturated heterocycles. The van der Waals surface area contributed by atoms with Gasteiger partial charge < -0.3 is 15.2 Å². The van der Waals surface area contributed by atoms with Gasteiger partial charge in [0.1, 0.15) is 0 Å². The summed E-state index contributed by atoms with van der Waals surface area (Å²) in [5.74, 6) is -0.881. The van der Waals surface area contributed by atoms with E-state index in [1.165, 1.54) is 0 Å². The Bertz CT molecular complexity index is 429. The van der Waals surface area contributed by atoms with Crippen LogP contribution in [0.25, 0.3) is 0 Å². The Kier molecular flexibility index (Phi) is 6.68. The summed E-state index contributed by atoms with van der Waals surface area (Å²) in [6.07, 6.45) is 2.18. The summed E-state index contributed by atoms with van der Waals surface area (Å²) in [6, 6.07) is 7.04. The lowest BCUT2D eigenvalue weighted by atomic mass is 9.89. The number of carboxylic acid groups (broad SMARTS) is 1. The van der Waals surface area contributed by atoms with Crippen LogP contribution < -0.4 is 5.32 Å². The molecule has 0 aromatic heterocycles. The van der Waals surface area contributed by atoms with Crippen LogP contribution in [0.2, 0.25) is 0 Å². The summed E-state index contributed by atoms with van der Waals surface area (Å²) in [4.78, 5) is 10.9. The van der Waals surface area contributed by atoms with Crippen LogP contribution >= 0.6 is 0 Å². The highest BCUT2D eigenvalue weighted by Gasteiger charge is 2.16. The summed E-state index contributed by atoms with van der Waals surface area (Å²) < 4.78 is 5.19. The van der Waals surface area contributed by atoms with Gasteiger partial charge in [-0.15, -0.1) is 0 Å². The molecule has 0 atom stereocenters. The van der Waals surface area contributed by atoms with E-state index in [4.69, 9.17) is 9.84 Å². The first-order valence-electron chi connectivity index (χ1n) is 6.96. The van der Waals surface area contributed by atoms with Gasteiger partial charge in [-0.3, -0.25) is 0 Å². The quantitative estimate of drug-likeness (QED) is 0.682. The predicted molar refractivity (Wildman–Crippen MR) is 80.0 cm³/mol. The third-order valence-electron chi connectivity index (χ3n) is 3.25. The van der Waals surface area contributed by atoms with Gasteiger partial charge in [-0.25, -0.2) is 4.79 Å². The molecular formula is C16H25NO3. The van der Waals surface area contributed by atoms with Gasteiger partial charge in [0.25, 0.3) is 0 Å². The van der Waals surface area contributed by atoms with Gasteiger partial charge in [0.15, 0.2) is 0 Å². The van der Waals surface area contributed by atoms with Crippen molar-refractivity contribution in [3.05, 3.63) is 35.4 Å². The number of aromatic carboxylic acids is 1. The highest BCUT2D eigenvalue weighted by Crippen LogP contribution is 2.21. The molecule has 0 amide bonds. The average molecular weight is 279 g/mol. The van der Waals surface area contributed by atoms with Crippen LogP contribution in [-0.4, -0.2) is 31.3 Å². The number of benzene rings is 1. The number of hydrogen-bond acceptors (Lipinski definition) is 3. The molecule has 0 bridgehead atoms. The van der Waals surface area contributed by atoms with Crippen molar-refractivity contribution in [2.24, 2.45) is 5.41 Å². The van der Waals surface area contributed by atoms with Gasteiger partial charge in [-0.1, -0.05) is 26.0 Å². The van der Waals surface area contributed by atoms with E-state index in [9.17, 15) is 4.79 Å². The fourth-order valence-electron chi connectivity index (χ4n) is 2.20. The first-order valence-corrected chi connectivity index (χ1v) is 6.96. The number of ether oxygens (including phenoxy) is 1. The highest BCUT2D eigenvalue weighted by atomic mass is 16.5. The van der Waals surface area contributed by atoms with Crippen molar-refractivity contribution < 1.29 is 14.6 Å². The lowest BCUT2D eigenvalue weighted by Gasteiger charge is -2.23. The molecule has 0 spiro atoms. The van der Waals surface area contributed by atoms with E-state index in [-0.39, 0.29) is 5.41 Å². The fraction of sp³-hybridized carbons (Fsp3) is 0.562. The minimum Gasteiger partial charge on any atom is -0.478 e. The molecule has 4 nitrogen and oxygen atoms in total. The van der Waals surface area contributed by atoms with Crippen LogP contribution in [0.15, 0.2) is 24.3 Å². The standard InChI is InChI=1S/C16H25NO3/c1-16(2,12-20-3)8-5-9-17-11-13-6-4-7-14(10-13)15(18)19/h4,6-7,10,17H,5,8-9,11-12H2,1-3H3,(H,18,19). The third-order valence-corrected chi connectivity index (χ3v) is 3.25. The molecule has 0 unspecified atom stereocenters. The first kappa shape index (κ1) is 16.7. The minimum atomic E-state index is -0.881. The smallest absolute Gasteiger partial charge is 0.335 e. The van der Waals surface area contributed by atoms with E-state index < -0.39 is 5.97 Å². The molecule has 1 aromatic rings. The zero-order valence-corrected chi connectivity index (χ0v) is 12.6. The summed E-state index contributed by atoms with van der Waals surface area (Å²) in [6.45, 7) is 6.80. The highest BCUT2D eigenvalue weighted by molar-refractivity contribution is 5.87. The number of carbonyl (C=O) groups is 1. The Labute approximate surface area is 121 Å². The van der Waals surface area contributed by atoms with Crippen molar-refractivity contribution in [3.63, 3.8) is 0 Å². The average Bonchev–Trinajstić information content (AvgIpc) is 2.38. The third kappa shape index (κ3) is 6.17. The topological polar surface area (TPSA) is 58.6 Å². The van der Waals surface area contributed by atoms with Gasteiger partial charge in [0, 0.05) is 13.7 Å². The van der Waals surface area contributed by atoms with E-state index in [2.05, 4.69) is 19.2 Å². The molecule has 20 heavy (non-hydrogen) atoms. The summed E-state index contributed by atoms with van der Waals surface area (Å²) in [5.41, 5.74) is 1.55. The van der Waals surface area contributed by atoms with Crippen molar-refractivity contribution in [3.8, 4) is 0 Å². The predicted octanol–water partition coefficient (Wildman–Crippen LogP) is 2.93. The van der Waals surface area contributed by atoms with E-state index >= 15 is 0 Å². The largest absolute Gasteiger partial charge is 0.478 e. The molecule has 0 saturated carbocycles. The molecule has 4 heteroatoms. The Balaban J connectivity index is 2.28. The maximum Gasteiger partial charge on any atom is 0.335 e. The maximum absolute atomic E-state index is 10.9. The van der Waals surface area contributed by atoms with Crippen molar-refractivity contribution in [2.45, 2.75) is 33.2 Å². The molecule has 0 aliphatic rings. The molecule has 0 aliphatic carbocycles. The van der Waals surface area contributed by atoms with Crippen molar-refractivity contribution in [1.82, 2.24) is 5.32 Å². The zero-order valence-electron chi connectivity index (χ0n) is 12.6. The van der Waals surface area contributed by atoms with Gasteiger partial charge in [0.2, 0.25) is 0 Å². The Hall–Kier alpha value is -1.39. The lowest BCUT2D eigenvalue weighted by Crippen LogP contribution is -2.22. The maximum atomic E-state index is 10.9. The molecule has 112 valence electrons. The molecule has 1 rings (SSSR count). The number of methoxy groups -OCH3 is 1. The van der Waals surface area contributed by atoms with Crippen LogP contribution in [0.1, 0.15) is 42.6 Å². The van der Waals surface area contributed by atoms with E-state index in [1.54, 1.807) is 25.3 Å². The Morgan fingerprint density at radius 3 is 2.80 bits per heavy atom. The molecule has 2 N–H and O–H groups in total. The van der Waals surface area contributed by atoms with E-state index in [0.717, 1.165) is 31.6 Å². The fourth-order valence-corrected chi connectivity index (χ4v) is 2.20. The number of nitrogens with one attached hydrogen (secondary N) is 1. The second kappa shape index (κ2) is 8.02. The SMILES string of the molecule is COCC(C)(C)CCCNCc1cccc(C(=O)O)c1. The van der Waals surface area contributed by atoms with Crippen LogP contribution in [0.3, 0.4) is 0 Å². The summed E-state index contributed by atoms with van der Waals surface area (Å²) >= 11 is 0. The van der Waals surface area contributed by atoms with Crippen LogP contribution in [-0.2, 0) is 11.3 Å². The lowest BCUT2D eigenvalue weighted by molar-refractivity contribution is 0.0696.